The minimum atomic E-state index is 0. The van der Waals surface area contributed by atoms with Crippen LogP contribution in [0.15, 0.2) is 5.38 Å². The lowest BCUT2D eigenvalue weighted by atomic mass is 9.99. The highest BCUT2D eigenvalue weighted by atomic mass is 35.5. The molecule has 1 fully saturated rings. The molecule has 0 aromatic carbocycles. The minimum Gasteiger partial charge on any atom is -0.317 e. The number of rotatable bonds is 3. The number of hydrogen-bond acceptors (Lipinski definition) is 3. The Morgan fingerprint density at radius 3 is 2.87 bits per heavy atom. The van der Waals surface area contributed by atoms with Crippen LogP contribution in [0.4, 0.5) is 0 Å². The van der Waals surface area contributed by atoms with E-state index in [9.17, 15) is 0 Å². The normalized spacial score (nSPS) is 17.4. The molecular formula is C11H19ClN2S. The van der Waals surface area contributed by atoms with Crippen molar-refractivity contribution in [1.29, 1.82) is 0 Å². The molecule has 0 atom stereocenters. The van der Waals surface area contributed by atoms with Gasteiger partial charge in [-0.3, -0.25) is 0 Å². The maximum atomic E-state index is 4.71. The van der Waals surface area contributed by atoms with Gasteiger partial charge in [0.2, 0.25) is 0 Å². The van der Waals surface area contributed by atoms with Gasteiger partial charge in [-0.1, -0.05) is 13.3 Å². The van der Waals surface area contributed by atoms with Crippen LogP contribution in [-0.4, -0.2) is 18.1 Å². The summed E-state index contributed by atoms with van der Waals surface area (Å²) in [6.07, 6.45) is 4.87. The molecule has 4 heteroatoms. The second-order valence-corrected chi connectivity index (χ2v) is 4.84. The number of thiazole rings is 1. The topological polar surface area (TPSA) is 24.9 Å². The first-order chi connectivity index (χ1) is 6.90. The van der Waals surface area contributed by atoms with Gasteiger partial charge in [0.1, 0.15) is 0 Å². The van der Waals surface area contributed by atoms with Crippen molar-refractivity contribution in [3.05, 3.63) is 16.1 Å². The SMILES string of the molecule is CCCc1csc(C2CCNCC2)n1.Cl. The van der Waals surface area contributed by atoms with Gasteiger partial charge in [-0.05, 0) is 32.4 Å². The quantitative estimate of drug-likeness (QED) is 0.887. The van der Waals surface area contributed by atoms with Crippen LogP contribution in [0.2, 0.25) is 0 Å². The Labute approximate surface area is 102 Å². The summed E-state index contributed by atoms with van der Waals surface area (Å²) in [4.78, 5) is 4.71. The molecule has 1 aliphatic heterocycles. The molecule has 0 amide bonds. The minimum absolute atomic E-state index is 0. The van der Waals surface area contributed by atoms with Gasteiger partial charge < -0.3 is 5.32 Å². The van der Waals surface area contributed by atoms with Gasteiger partial charge in [0.25, 0.3) is 0 Å². The van der Waals surface area contributed by atoms with Crippen LogP contribution in [0, 0.1) is 0 Å². The van der Waals surface area contributed by atoms with Crippen molar-refractivity contribution in [1.82, 2.24) is 10.3 Å². The van der Waals surface area contributed by atoms with Crippen molar-refractivity contribution in [3.8, 4) is 0 Å². The third-order valence-corrected chi connectivity index (χ3v) is 3.82. The highest BCUT2D eigenvalue weighted by molar-refractivity contribution is 7.09. The molecule has 1 aliphatic rings. The van der Waals surface area contributed by atoms with E-state index in [1.807, 2.05) is 11.3 Å². The first-order valence-corrected chi connectivity index (χ1v) is 6.43. The molecule has 0 spiro atoms. The molecule has 0 unspecified atom stereocenters. The maximum Gasteiger partial charge on any atom is 0.0960 e. The van der Waals surface area contributed by atoms with E-state index in [2.05, 4.69) is 17.6 Å². The highest BCUT2D eigenvalue weighted by Crippen LogP contribution is 2.28. The number of aryl methyl sites for hydroxylation is 1. The number of nitrogens with one attached hydrogen (secondary N) is 1. The first-order valence-electron chi connectivity index (χ1n) is 5.55. The summed E-state index contributed by atoms with van der Waals surface area (Å²) in [5.41, 5.74) is 1.30. The van der Waals surface area contributed by atoms with Crippen molar-refractivity contribution < 1.29 is 0 Å². The van der Waals surface area contributed by atoms with Gasteiger partial charge in [-0.2, -0.15) is 0 Å². The Morgan fingerprint density at radius 1 is 1.47 bits per heavy atom. The highest BCUT2D eigenvalue weighted by Gasteiger charge is 2.17. The largest absolute Gasteiger partial charge is 0.317 e. The van der Waals surface area contributed by atoms with E-state index in [-0.39, 0.29) is 12.4 Å². The molecule has 86 valence electrons. The van der Waals surface area contributed by atoms with E-state index >= 15 is 0 Å². The van der Waals surface area contributed by atoms with Crippen LogP contribution in [0.3, 0.4) is 0 Å². The van der Waals surface area contributed by atoms with Crippen LogP contribution >= 0.6 is 23.7 Å². The van der Waals surface area contributed by atoms with Crippen molar-refractivity contribution >= 4 is 23.7 Å². The average Bonchev–Trinajstić information content (AvgIpc) is 2.68. The number of piperidine rings is 1. The zero-order valence-electron chi connectivity index (χ0n) is 9.16. The van der Waals surface area contributed by atoms with Crippen molar-refractivity contribution in [2.75, 3.05) is 13.1 Å². The molecule has 1 N–H and O–H groups in total. The lowest BCUT2D eigenvalue weighted by molar-refractivity contribution is 0.458. The Morgan fingerprint density at radius 2 is 2.20 bits per heavy atom. The van der Waals surface area contributed by atoms with Crippen LogP contribution < -0.4 is 5.32 Å². The molecule has 0 aliphatic carbocycles. The molecule has 2 heterocycles. The predicted octanol–water partition coefficient (Wildman–Crippen LogP) is 2.98. The Hall–Kier alpha value is -0.120. The molecule has 15 heavy (non-hydrogen) atoms. The van der Waals surface area contributed by atoms with Crippen molar-refractivity contribution in [2.45, 2.75) is 38.5 Å². The van der Waals surface area contributed by atoms with Gasteiger partial charge in [-0.15, -0.1) is 23.7 Å². The number of hydrogen-bond donors (Lipinski definition) is 1. The average molecular weight is 247 g/mol. The summed E-state index contributed by atoms with van der Waals surface area (Å²) < 4.78 is 0. The molecule has 2 nitrogen and oxygen atoms in total. The summed E-state index contributed by atoms with van der Waals surface area (Å²) in [5, 5.41) is 7.00. The van der Waals surface area contributed by atoms with Gasteiger partial charge >= 0.3 is 0 Å². The Bertz CT molecular complexity index is 282. The first kappa shape index (κ1) is 12.9. The maximum absolute atomic E-state index is 4.71. The fourth-order valence-corrected chi connectivity index (χ4v) is 2.98. The van der Waals surface area contributed by atoms with E-state index < -0.39 is 0 Å². The third-order valence-electron chi connectivity index (χ3n) is 2.76. The monoisotopic (exact) mass is 246 g/mol. The molecule has 0 bridgehead atoms. The fraction of sp³-hybridized carbons (Fsp3) is 0.727. The van der Waals surface area contributed by atoms with Crippen molar-refractivity contribution in [3.63, 3.8) is 0 Å². The van der Waals surface area contributed by atoms with Crippen LogP contribution in [0.1, 0.15) is 42.8 Å². The van der Waals surface area contributed by atoms with Crippen molar-refractivity contribution in [2.24, 2.45) is 0 Å². The zero-order valence-corrected chi connectivity index (χ0v) is 10.8. The second kappa shape index (κ2) is 6.46. The lowest BCUT2D eigenvalue weighted by Crippen LogP contribution is -2.26. The van der Waals surface area contributed by atoms with E-state index in [0.29, 0.717) is 0 Å². The Kier molecular flexibility index (Phi) is 5.58. The molecule has 2 rings (SSSR count). The van der Waals surface area contributed by atoms with Gasteiger partial charge in [-0.25, -0.2) is 4.98 Å². The molecule has 0 saturated carbocycles. The summed E-state index contributed by atoms with van der Waals surface area (Å²) in [7, 11) is 0. The van der Waals surface area contributed by atoms with E-state index in [4.69, 9.17) is 4.98 Å². The summed E-state index contributed by atoms with van der Waals surface area (Å²) >= 11 is 1.86. The summed E-state index contributed by atoms with van der Waals surface area (Å²) in [6, 6.07) is 0. The molecule has 1 aromatic rings. The van der Waals surface area contributed by atoms with Gasteiger partial charge in [0.15, 0.2) is 0 Å². The van der Waals surface area contributed by atoms with Crippen LogP contribution in [0.5, 0.6) is 0 Å². The lowest BCUT2D eigenvalue weighted by Gasteiger charge is -2.20. The van der Waals surface area contributed by atoms with Gasteiger partial charge in [0.05, 0.1) is 10.7 Å². The fourth-order valence-electron chi connectivity index (χ4n) is 1.95. The molecule has 1 aromatic heterocycles. The smallest absolute Gasteiger partial charge is 0.0960 e. The molecule has 0 radical (unpaired) electrons. The predicted molar refractivity (Wildman–Crippen MR) is 68.2 cm³/mol. The van der Waals surface area contributed by atoms with E-state index in [0.717, 1.165) is 25.4 Å². The van der Waals surface area contributed by atoms with Crippen LogP contribution in [0.25, 0.3) is 0 Å². The Balaban J connectivity index is 0.00000112. The number of halogens is 1. The molecular weight excluding hydrogens is 228 g/mol. The van der Waals surface area contributed by atoms with E-state index in [1.165, 1.54) is 30.0 Å². The second-order valence-electron chi connectivity index (χ2n) is 3.95. The number of nitrogens with zero attached hydrogens (tertiary/aromatic N) is 1. The summed E-state index contributed by atoms with van der Waals surface area (Å²) in [6.45, 7) is 4.53. The third kappa shape index (κ3) is 3.44. The van der Waals surface area contributed by atoms with Crippen LogP contribution in [-0.2, 0) is 6.42 Å². The molecule has 1 saturated heterocycles. The standard InChI is InChI=1S/C11H18N2S.ClH/c1-2-3-10-8-14-11(13-10)9-4-6-12-7-5-9;/h8-9,12H,2-7H2,1H3;1H. The summed E-state index contributed by atoms with van der Waals surface area (Å²) in [5.74, 6) is 0.729. The number of aromatic nitrogens is 1. The zero-order chi connectivity index (χ0) is 9.80. The van der Waals surface area contributed by atoms with E-state index in [1.54, 1.807) is 0 Å². The van der Waals surface area contributed by atoms with Gasteiger partial charge in [0, 0.05) is 11.3 Å².